The monoisotopic (exact) mass is 830 g/mol. The summed E-state index contributed by atoms with van der Waals surface area (Å²) < 4.78 is 32.4. The molecule has 4 fully saturated rings. The van der Waals surface area contributed by atoms with Crippen molar-refractivity contribution in [3.63, 3.8) is 0 Å². The van der Waals surface area contributed by atoms with Crippen molar-refractivity contribution >= 4 is 32.8 Å². The molecule has 12 rings (SSSR count). The molecule has 316 valence electrons. The van der Waals surface area contributed by atoms with Crippen LogP contribution in [0.15, 0.2) is 110 Å². The minimum Gasteiger partial charge on any atom is -0.388 e. The van der Waals surface area contributed by atoms with Crippen LogP contribution in [-0.2, 0) is 0 Å². The Morgan fingerprint density at radius 3 is 1.27 bits per heavy atom. The molecule has 6 heterocycles. The van der Waals surface area contributed by atoms with E-state index in [0.29, 0.717) is 34.7 Å². The van der Waals surface area contributed by atoms with Crippen LogP contribution in [0.2, 0.25) is 0 Å². The molecule has 0 aliphatic heterocycles. The highest BCUT2D eigenvalue weighted by molar-refractivity contribution is 5.84. The zero-order valence-corrected chi connectivity index (χ0v) is 34.8. The van der Waals surface area contributed by atoms with Gasteiger partial charge < -0.3 is 19.0 Å². The van der Waals surface area contributed by atoms with Crippen LogP contribution in [0.5, 0.6) is 0 Å². The van der Waals surface area contributed by atoms with Crippen LogP contribution in [0.4, 0.5) is 8.78 Å². The Balaban J connectivity index is 0.000000139. The van der Waals surface area contributed by atoms with Gasteiger partial charge in [0.15, 0.2) is 0 Å². The molecule has 4 aliphatic carbocycles. The van der Waals surface area contributed by atoms with Crippen LogP contribution in [-0.4, -0.2) is 39.0 Å². The number of aliphatic hydroxyl groups excluding tert-OH is 2. The van der Waals surface area contributed by atoms with Crippen molar-refractivity contribution in [2.75, 3.05) is 0 Å². The summed E-state index contributed by atoms with van der Waals surface area (Å²) in [6.07, 6.45) is 26.6. The minimum absolute atomic E-state index is 0.236. The fourth-order valence-electron chi connectivity index (χ4n) is 11.2. The molecule has 0 spiro atoms. The normalized spacial score (nSPS) is 22.8. The zero-order valence-electron chi connectivity index (χ0n) is 34.8. The number of hydrogen-bond acceptors (Lipinski definition) is 6. The molecule has 6 aromatic heterocycles. The van der Waals surface area contributed by atoms with Gasteiger partial charge in [-0.05, 0) is 171 Å². The molecule has 4 aliphatic rings. The van der Waals surface area contributed by atoms with Gasteiger partial charge in [0.1, 0.15) is 22.7 Å². The van der Waals surface area contributed by atoms with Gasteiger partial charge in [-0.3, -0.25) is 9.97 Å². The van der Waals surface area contributed by atoms with Gasteiger partial charge in [0.25, 0.3) is 0 Å². The van der Waals surface area contributed by atoms with Crippen molar-refractivity contribution in [3.8, 4) is 0 Å². The first kappa shape index (κ1) is 39.3. The van der Waals surface area contributed by atoms with Crippen LogP contribution >= 0.6 is 0 Å². The van der Waals surface area contributed by atoms with Crippen LogP contribution in [0, 0.1) is 23.5 Å². The SMILES string of the molecule is O[C@@H](c1c(C2CC2)ccn2cncc12)C1CCC(c2ccc(F)c3ncccc23)CC1.O[C@H](c1c(C2CC2)ccn2cncc12)C1CCC(c2ccc(F)c3ncccc23)CC1. The van der Waals surface area contributed by atoms with Crippen molar-refractivity contribution in [2.45, 2.75) is 113 Å². The molecule has 2 atom stereocenters. The van der Waals surface area contributed by atoms with Crippen molar-refractivity contribution in [2.24, 2.45) is 11.8 Å². The standard InChI is InChI=1S/2C26H26FN3O/c2*27-22-10-9-19(21-2-1-12-29-25(21)22)16-5-7-18(8-6-16)26(31)24-20(17-3-4-17)11-13-30-15-28-14-23(24)30/h2*1-2,9-18,26,31H,3-8H2/t2*16?,18?,26-/m10/s1. The van der Waals surface area contributed by atoms with Gasteiger partial charge in [0.05, 0.1) is 48.3 Å². The molecule has 0 amide bonds. The first-order valence-electron chi connectivity index (χ1n) is 22.7. The molecule has 0 saturated heterocycles. The van der Waals surface area contributed by atoms with E-state index < -0.39 is 12.2 Å². The van der Waals surface area contributed by atoms with E-state index in [1.165, 1.54) is 47.9 Å². The van der Waals surface area contributed by atoms with Gasteiger partial charge in [-0.15, -0.1) is 0 Å². The lowest BCUT2D eigenvalue weighted by molar-refractivity contribution is 0.0809. The van der Waals surface area contributed by atoms with Crippen LogP contribution in [0.25, 0.3) is 32.8 Å². The molecule has 0 radical (unpaired) electrons. The molecule has 10 heteroatoms. The summed E-state index contributed by atoms with van der Waals surface area (Å²) in [7, 11) is 0. The third-order valence-corrected chi connectivity index (χ3v) is 14.8. The van der Waals surface area contributed by atoms with E-state index in [0.717, 1.165) is 84.3 Å². The van der Waals surface area contributed by atoms with Crippen molar-refractivity contribution in [1.82, 2.24) is 28.7 Å². The number of nitrogens with zero attached hydrogens (tertiary/aromatic N) is 6. The lowest BCUT2D eigenvalue weighted by atomic mass is 9.74. The topological polar surface area (TPSA) is 101 Å². The summed E-state index contributed by atoms with van der Waals surface area (Å²) in [4.78, 5) is 17.1. The summed E-state index contributed by atoms with van der Waals surface area (Å²) in [6, 6.07) is 19.0. The molecular formula is C52H52F2N6O2. The van der Waals surface area contributed by atoms with Gasteiger partial charge in [0, 0.05) is 46.7 Å². The molecule has 8 nitrogen and oxygen atoms in total. The maximum Gasteiger partial charge on any atom is 0.149 e. The number of aromatic nitrogens is 6. The molecule has 0 bridgehead atoms. The van der Waals surface area contributed by atoms with Gasteiger partial charge >= 0.3 is 0 Å². The molecule has 2 N–H and O–H groups in total. The lowest BCUT2D eigenvalue weighted by Gasteiger charge is -2.33. The van der Waals surface area contributed by atoms with Gasteiger partial charge in [-0.2, -0.15) is 0 Å². The number of pyridine rings is 4. The second-order valence-corrected chi connectivity index (χ2v) is 18.5. The van der Waals surface area contributed by atoms with Crippen LogP contribution in [0.1, 0.15) is 146 Å². The third kappa shape index (κ3) is 7.24. The Morgan fingerprint density at radius 1 is 0.484 bits per heavy atom. The smallest absolute Gasteiger partial charge is 0.149 e. The molecule has 8 aromatic rings. The summed E-state index contributed by atoms with van der Waals surface area (Å²) in [5, 5.41) is 24.8. The average molecular weight is 831 g/mol. The Morgan fingerprint density at radius 2 is 0.871 bits per heavy atom. The van der Waals surface area contributed by atoms with Crippen molar-refractivity contribution in [3.05, 3.63) is 156 Å². The Bertz CT molecular complexity index is 2710. The number of hydrogen-bond donors (Lipinski definition) is 2. The van der Waals surface area contributed by atoms with Crippen molar-refractivity contribution in [1.29, 1.82) is 0 Å². The van der Waals surface area contributed by atoms with E-state index in [4.69, 9.17) is 0 Å². The average Bonchev–Trinajstić information content (AvgIpc) is 4.25. The number of fused-ring (bicyclic) bond motifs is 4. The predicted octanol–water partition coefficient (Wildman–Crippen LogP) is 11.8. The maximum atomic E-state index is 14.2. The molecular weight excluding hydrogens is 779 g/mol. The summed E-state index contributed by atoms with van der Waals surface area (Å²) in [5.74, 6) is 1.88. The minimum atomic E-state index is -0.469. The van der Waals surface area contributed by atoms with Crippen LogP contribution < -0.4 is 0 Å². The van der Waals surface area contributed by atoms with Gasteiger partial charge in [-0.25, -0.2) is 18.7 Å². The van der Waals surface area contributed by atoms with E-state index in [1.54, 1.807) is 24.5 Å². The van der Waals surface area contributed by atoms with Gasteiger partial charge in [0.2, 0.25) is 0 Å². The summed E-state index contributed by atoms with van der Waals surface area (Å²) in [5.41, 5.74) is 10.2. The number of benzene rings is 2. The molecule has 2 aromatic carbocycles. The number of imidazole rings is 2. The number of aliphatic hydroxyl groups is 2. The summed E-state index contributed by atoms with van der Waals surface area (Å²) >= 11 is 0. The molecule has 4 saturated carbocycles. The van der Waals surface area contributed by atoms with E-state index in [-0.39, 0.29) is 23.5 Å². The zero-order chi connectivity index (χ0) is 41.9. The highest BCUT2D eigenvalue weighted by Crippen LogP contribution is 2.50. The quantitative estimate of drug-likeness (QED) is 0.158. The maximum absolute atomic E-state index is 14.2. The number of halogens is 2. The Hall–Kier alpha value is -5.58. The van der Waals surface area contributed by atoms with Crippen LogP contribution in [0.3, 0.4) is 0 Å². The Labute approximate surface area is 359 Å². The van der Waals surface area contributed by atoms with E-state index in [1.807, 2.05) is 70.2 Å². The fraction of sp³-hybridized carbons (Fsp3) is 0.385. The molecule has 0 unspecified atom stereocenters. The largest absolute Gasteiger partial charge is 0.388 e. The lowest BCUT2D eigenvalue weighted by Crippen LogP contribution is -2.21. The van der Waals surface area contributed by atoms with E-state index in [9.17, 15) is 19.0 Å². The van der Waals surface area contributed by atoms with Gasteiger partial charge in [-0.1, -0.05) is 24.3 Å². The number of rotatable bonds is 8. The van der Waals surface area contributed by atoms with E-state index >= 15 is 0 Å². The first-order chi connectivity index (χ1) is 30.4. The highest BCUT2D eigenvalue weighted by Gasteiger charge is 2.36. The highest BCUT2D eigenvalue weighted by atomic mass is 19.1. The fourth-order valence-corrected chi connectivity index (χ4v) is 11.2. The predicted molar refractivity (Wildman–Crippen MR) is 237 cm³/mol. The van der Waals surface area contributed by atoms with Crippen molar-refractivity contribution < 1.29 is 19.0 Å². The van der Waals surface area contributed by atoms with E-state index in [2.05, 4.69) is 44.5 Å². The third-order valence-electron chi connectivity index (χ3n) is 14.8. The molecule has 62 heavy (non-hydrogen) atoms. The second-order valence-electron chi connectivity index (χ2n) is 18.5. The first-order valence-corrected chi connectivity index (χ1v) is 22.7. The Kier molecular flexibility index (Phi) is 10.3. The second kappa shape index (κ2) is 16.3. The summed E-state index contributed by atoms with van der Waals surface area (Å²) in [6.45, 7) is 0.